The van der Waals surface area contributed by atoms with Crippen molar-refractivity contribution in [2.75, 3.05) is 0 Å². The Labute approximate surface area is 105 Å². The van der Waals surface area contributed by atoms with Crippen molar-refractivity contribution < 1.29 is 0 Å². The minimum absolute atomic E-state index is 0.227. The van der Waals surface area contributed by atoms with Crippen LogP contribution in [0.1, 0.15) is 47.5 Å². The van der Waals surface area contributed by atoms with Crippen LogP contribution in [0.4, 0.5) is 0 Å². The van der Waals surface area contributed by atoms with Gasteiger partial charge in [0.05, 0.1) is 11.5 Å². The fraction of sp³-hybridized carbons (Fsp3) is 0.667. The van der Waals surface area contributed by atoms with Crippen LogP contribution in [0, 0.1) is 16.7 Å². The van der Waals surface area contributed by atoms with Gasteiger partial charge in [-0.05, 0) is 32.1 Å². The van der Waals surface area contributed by atoms with Crippen molar-refractivity contribution in [3.8, 4) is 0 Å². The molecule has 17 heavy (non-hydrogen) atoms. The van der Waals surface area contributed by atoms with Gasteiger partial charge in [-0.15, -0.1) is 0 Å². The van der Waals surface area contributed by atoms with Crippen LogP contribution in [0.3, 0.4) is 0 Å². The van der Waals surface area contributed by atoms with E-state index in [9.17, 15) is 0 Å². The van der Waals surface area contributed by atoms with Crippen molar-refractivity contribution in [3.63, 3.8) is 0 Å². The Morgan fingerprint density at radius 2 is 2.00 bits per heavy atom. The van der Waals surface area contributed by atoms with E-state index in [0.717, 1.165) is 12.8 Å². The topological polar surface area (TPSA) is 36.2 Å². The van der Waals surface area contributed by atoms with E-state index >= 15 is 0 Å². The van der Waals surface area contributed by atoms with E-state index < -0.39 is 0 Å². The van der Waals surface area contributed by atoms with Crippen LogP contribution in [0.2, 0.25) is 0 Å². The van der Waals surface area contributed by atoms with Gasteiger partial charge < -0.3 is 0 Å². The van der Waals surface area contributed by atoms with E-state index in [1.54, 1.807) is 0 Å². The molecule has 0 aromatic rings. The molecule has 1 aliphatic carbocycles. The number of hydrogen-bond donors (Lipinski definition) is 1. The molecule has 0 aliphatic heterocycles. The zero-order chi connectivity index (χ0) is 13.1. The molecule has 0 saturated heterocycles. The number of allylic oxidation sites excluding steroid dienone is 3. The maximum Gasteiger partial charge on any atom is 0.0867 e. The number of aliphatic imine (C=N–C) groups is 1. The Hall–Kier alpha value is -1.14. The van der Waals surface area contributed by atoms with E-state index in [1.807, 2.05) is 0 Å². The van der Waals surface area contributed by atoms with Gasteiger partial charge in [0.2, 0.25) is 0 Å². The van der Waals surface area contributed by atoms with E-state index in [-0.39, 0.29) is 5.54 Å². The number of nitrogens with zero attached hydrogens (tertiary/aromatic N) is 1. The van der Waals surface area contributed by atoms with Crippen molar-refractivity contribution in [1.29, 1.82) is 5.41 Å². The van der Waals surface area contributed by atoms with Crippen LogP contribution in [0.25, 0.3) is 0 Å². The second-order valence-corrected chi connectivity index (χ2v) is 6.60. The molecule has 94 valence electrons. The molecular formula is C15H24N2. The molecule has 0 aromatic heterocycles. The minimum atomic E-state index is -0.227. The van der Waals surface area contributed by atoms with Crippen molar-refractivity contribution in [3.05, 3.63) is 23.8 Å². The molecule has 1 unspecified atom stereocenters. The monoisotopic (exact) mass is 232 g/mol. The number of rotatable bonds is 3. The van der Waals surface area contributed by atoms with Gasteiger partial charge in [-0.1, -0.05) is 44.6 Å². The average Bonchev–Trinajstić information content (AvgIpc) is 2.15. The van der Waals surface area contributed by atoms with Gasteiger partial charge in [0.1, 0.15) is 0 Å². The van der Waals surface area contributed by atoms with E-state index in [4.69, 9.17) is 5.41 Å². The SMILES string of the molecule is CC(C)(C)CC1=CC(C(C)(C)N=C=N)CC=C1. The predicted molar refractivity (Wildman–Crippen MR) is 73.6 cm³/mol. The molecule has 1 atom stereocenters. The third-order valence-corrected chi connectivity index (χ3v) is 3.12. The molecule has 2 nitrogen and oxygen atoms in total. The molecular weight excluding hydrogens is 208 g/mol. The summed E-state index contributed by atoms with van der Waals surface area (Å²) in [5.74, 6) is 0.377. The minimum Gasteiger partial charge on any atom is -0.242 e. The second kappa shape index (κ2) is 5.01. The molecule has 0 spiro atoms. The first-order valence-electron chi connectivity index (χ1n) is 6.25. The summed E-state index contributed by atoms with van der Waals surface area (Å²) in [5.41, 5.74) is 1.48. The van der Waals surface area contributed by atoms with Gasteiger partial charge in [-0.25, -0.2) is 10.4 Å². The first-order valence-corrected chi connectivity index (χ1v) is 6.25. The fourth-order valence-corrected chi connectivity index (χ4v) is 2.20. The Bertz CT molecular complexity index is 374. The summed E-state index contributed by atoms with van der Waals surface area (Å²) in [6.07, 6.45) is 8.88. The normalized spacial score (nSPS) is 20.8. The van der Waals surface area contributed by atoms with Crippen LogP contribution < -0.4 is 0 Å². The van der Waals surface area contributed by atoms with E-state index in [1.165, 1.54) is 5.57 Å². The fourth-order valence-electron chi connectivity index (χ4n) is 2.20. The lowest BCUT2D eigenvalue weighted by Gasteiger charge is -2.30. The zero-order valence-corrected chi connectivity index (χ0v) is 11.7. The highest BCUT2D eigenvalue weighted by molar-refractivity contribution is 5.38. The van der Waals surface area contributed by atoms with E-state index in [2.05, 4.69) is 63.8 Å². The lowest BCUT2D eigenvalue weighted by Crippen LogP contribution is -2.28. The van der Waals surface area contributed by atoms with Crippen LogP contribution in [0.5, 0.6) is 0 Å². The Morgan fingerprint density at radius 1 is 1.35 bits per heavy atom. The molecule has 0 amide bonds. The zero-order valence-electron chi connectivity index (χ0n) is 11.7. The first kappa shape index (κ1) is 13.9. The van der Waals surface area contributed by atoms with Gasteiger partial charge in [0.15, 0.2) is 0 Å². The Morgan fingerprint density at radius 3 is 2.53 bits per heavy atom. The maximum atomic E-state index is 7.02. The average molecular weight is 232 g/mol. The third kappa shape index (κ3) is 4.32. The lowest BCUT2D eigenvalue weighted by atomic mass is 9.78. The molecule has 0 fully saturated rings. The van der Waals surface area contributed by atoms with Gasteiger partial charge in [0, 0.05) is 5.92 Å². The van der Waals surface area contributed by atoms with Crippen molar-refractivity contribution in [2.45, 2.75) is 53.0 Å². The van der Waals surface area contributed by atoms with Gasteiger partial charge >= 0.3 is 0 Å². The molecule has 1 aliphatic rings. The quantitative estimate of drug-likeness (QED) is 0.698. The molecule has 2 heteroatoms. The molecule has 0 bridgehead atoms. The number of hydrogen-bond acceptors (Lipinski definition) is 2. The summed E-state index contributed by atoms with van der Waals surface area (Å²) in [6.45, 7) is 10.9. The lowest BCUT2D eigenvalue weighted by molar-refractivity contribution is 0.375. The Balaban J connectivity index is 2.86. The summed E-state index contributed by atoms with van der Waals surface area (Å²) in [7, 11) is 0. The van der Waals surface area contributed by atoms with Gasteiger partial charge in [0.25, 0.3) is 0 Å². The highest BCUT2D eigenvalue weighted by atomic mass is 14.8. The smallest absolute Gasteiger partial charge is 0.0867 e. The molecule has 0 aromatic carbocycles. The molecule has 0 heterocycles. The van der Waals surface area contributed by atoms with Crippen molar-refractivity contribution in [1.82, 2.24) is 0 Å². The first-order chi connectivity index (χ1) is 7.74. The predicted octanol–water partition coefficient (Wildman–Crippen LogP) is 4.46. The largest absolute Gasteiger partial charge is 0.242 e. The Kier molecular flexibility index (Phi) is 4.11. The van der Waals surface area contributed by atoms with Crippen LogP contribution in [-0.4, -0.2) is 11.5 Å². The van der Waals surface area contributed by atoms with Gasteiger partial charge in [-0.2, -0.15) is 0 Å². The second-order valence-electron chi connectivity index (χ2n) is 6.60. The van der Waals surface area contributed by atoms with Crippen LogP contribution >= 0.6 is 0 Å². The standard InChI is InChI=1S/C15H24N2/c1-14(2,3)10-12-7-6-8-13(9-12)15(4,5)17-11-16/h6-7,9,13,16H,8,10H2,1-5H3. The summed E-state index contributed by atoms with van der Waals surface area (Å²) < 4.78 is 0. The van der Waals surface area contributed by atoms with Crippen molar-refractivity contribution >= 4 is 6.01 Å². The number of nitrogens with one attached hydrogen (secondary N) is 1. The summed E-state index contributed by atoms with van der Waals surface area (Å²) in [5, 5.41) is 7.02. The molecule has 1 N–H and O–H groups in total. The molecule has 1 rings (SSSR count). The third-order valence-electron chi connectivity index (χ3n) is 3.12. The summed E-state index contributed by atoms with van der Waals surface area (Å²) in [4.78, 5) is 4.15. The summed E-state index contributed by atoms with van der Waals surface area (Å²) in [6, 6.07) is 2.19. The van der Waals surface area contributed by atoms with Crippen LogP contribution in [0.15, 0.2) is 28.8 Å². The van der Waals surface area contributed by atoms with Gasteiger partial charge in [-0.3, -0.25) is 0 Å². The highest BCUT2D eigenvalue weighted by Gasteiger charge is 2.28. The van der Waals surface area contributed by atoms with Crippen LogP contribution in [-0.2, 0) is 0 Å². The highest BCUT2D eigenvalue weighted by Crippen LogP contribution is 2.34. The maximum absolute atomic E-state index is 7.02. The molecule has 0 saturated carbocycles. The van der Waals surface area contributed by atoms with Crippen molar-refractivity contribution in [2.24, 2.45) is 16.3 Å². The summed E-state index contributed by atoms with van der Waals surface area (Å²) >= 11 is 0. The molecule has 0 radical (unpaired) electrons. The van der Waals surface area contributed by atoms with E-state index in [0.29, 0.717) is 11.3 Å².